The van der Waals surface area contributed by atoms with Crippen LogP contribution in [0, 0.1) is 0 Å². The number of carbonyl (C=O) groups excluding carboxylic acids is 2. The number of amides is 1. The summed E-state index contributed by atoms with van der Waals surface area (Å²) in [5.74, 6) is -0.373. The fourth-order valence-corrected chi connectivity index (χ4v) is 1.96. The molecule has 0 spiro atoms. The van der Waals surface area contributed by atoms with E-state index in [1.807, 2.05) is 20.8 Å². The third kappa shape index (κ3) is 6.23. The van der Waals surface area contributed by atoms with E-state index >= 15 is 0 Å². The first kappa shape index (κ1) is 16.8. The molecule has 6 heteroatoms. The summed E-state index contributed by atoms with van der Waals surface area (Å²) in [4.78, 5) is 24.8. The highest BCUT2D eigenvalue weighted by Gasteiger charge is 2.28. The van der Waals surface area contributed by atoms with Gasteiger partial charge in [0.15, 0.2) is 0 Å². The van der Waals surface area contributed by atoms with Crippen LogP contribution in [-0.4, -0.2) is 55.0 Å². The number of hydrogen-bond donors (Lipinski definition) is 0. The number of nitrogens with zero attached hydrogens (tertiary/aromatic N) is 1. The van der Waals surface area contributed by atoms with Gasteiger partial charge in [-0.2, -0.15) is 0 Å². The molecule has 1 aliphatic rings. The van der Waals surface area contributed by atoms with E-state index in [0.29, 0.717) is 19.7 Å². The number of esters is 1. The van der Waals surface area contributed by atoms with Crippen LogP contribution in [-0.2, 0) is 19.0 Å². The van der Waals surface area contributed by atoms with Gasteiger partial charge in [-0.15, -0.1) is 0 Å². The first-order chi connectivity index (χ1) is 9.31. The Balaban J connectivity index is 2.38. The molecular weight excluding hydrogens is 262 g/mol. The van der Waals surface area contributed by atoms with Gasteiger partial charge in [-0.05, 0) is 40.5 Å². The summed E-state index contributed by atoms with van der Waals surface area (Å²) in [7, 11) is 0. The minimum absolute atomic E-state index is 0.0688. The van der Waals surface area contributed by atoms with Crippen LogP contribution in [0.1, 0.15) is 40.5 Å². The molecule has 1 saturated heterocycles. The Morgan fingerprint density at radius 2 is 2.00 bits per heavy atom. The van der Waals surface area contributed by atoms with Gasteiger partial charge in [-0.3, -0.25) is 0 Å². The molecule has 1 amide bonds. The van der Waals surface area contributed by atoms with Crippen molar-refractivity contribution < 1.29 is 23.8 Å². The van der Waals surface area contributed by atoms with Gasteiger partial charge in [-0.25, -0.2) is 9.59 Å². The second-order valence-corrected chi connectivity index (χ2v) is 5.81. The van der Waals surface area contributed by atoms with E-state index in [4.69, 9.17) is 14.2 Å². The van der Waals surface area contributed by atoms with Crippen LogP contribution in [0.4, 0.5) is 4.79 Å². The quantitative estimate of drug-likeness (QED) is 0.740. The Morgan fingerprint density at radius 3 is 2.60 bits per heavy atom. The molecule has 0 N–H and O–H groups in total. The summed E-state index contributed by atoms with van der Waals surface area (Å²) < 4.78 is 15.6. The van der Waals surface area contributed by atoms with Crippen molar-refractivity contribution in [2.75, 3.05) is 26.3 Å². The van der Waals surface area contributed by atoms with E-state index < -0.39 is 5.60 Å². The third-order valence-corrected chi connectivity index (χ3v) is 2.77. The summed E-state index contributed by atoms with van der Waals surface area (Å²) in [6.07, 6.45) is 1.20. The standard InChI is InChI=1S/C14H25NO5/c1-5-18-12(16)10-19-11-7-6-8-15(9-11)13(17)20-14(2,3)4/h11H,5-10H2,1-4H3. The lowest BCUT2D eigenvalue weighted by molar-refractivity contribution is -0.151. The summed E-state index contributed by atoms with van der Waals surface area (Å²) in [6.45, 7) is 8.65. The van der Waals surface area contributed by atoms with Crippen molar-refractivity contribution in [3.63, 3.8) is 0 Å². The van der Waals surface area contributed by atoms with E-state index in [1.165, 1.54) is 0 Å². The minimum atomic E-state index is -0.504. The molecule has 0 bridgehead atoms. The second-order valence-electron chi connectivity index (χ2n) is 5.81. The predicted octanol–water partition coefficient (Wildman–Crippen LogP) is 1.97. The van der Waals surface area contributed by atoms with Crippen molar-refractivity contribution in [1.29, 1.82) is 0 Å². The molecule has 0 aromatic heterocycles. The van der Waals surface area contributed by atoms with Gasteiger partial charge in [0.1, 0.15) is 12.2 Å². The molecule has 0 aliphatic carbocycles. The lowest BCUT2D eigenvalue weighted by Gasteiger charge is -2.33. The van der Waals surface area contributed by atoms with E-state index in [1.54, 1.807) is 11.8 Å². The van der Waals surface area contributed by atoms with Crippen LogP contribution in [0.25, 0.3) is 0 Å². The van der Waals surface area contributed by atoms with Crippen molar-refractivity contribution >= 4 is 12.1 Å². The Bertz CT molecular complexity index is 337. The highest BCUT2D eigenvalue weighted by molar-refractivity contribution is 5.70. The molecule has 1 fully saturated rings. The van der Waals surface area contributed by atoms with E-state index in [-0.39, 0.29) is 24.8 Å². The molecule has 1 heterocycles. The SMILES string of the molecule is CCOC(=O)COC1CCCN(C(=O)OC(C)(C)C)C1. The van der Waals surface area contributed by atoms with Crippen LogP contribution in [0.2, 0.25) is 0 Å². The van der Waals surface area contributed by atoms with Crippen LogP contribution in [0.5, 0.6) is 0 Å². The topological polar surface area (TPSA) is 65.1 Å². The van der Waals surface area contributed by atoms with E-state index in [9.17, 15) is 9.59 Å². The molecule has 1 aliphatic heterocycles. The number of rotatable bonds is 4. The minimum Gasteiger partial charge on any atom is -0.464 e. The highest BCUT2D eigenvalue weighted by Crippen LogP contribution is 2.17. The van der Waals surface area contributed by atoms with Gasteiger partial charge in [-0.1, -0.05) is 0 Å². The number of likely N-dealkylation sites (tertiary alicyclic amines) is 1. The first-order valence-electron chi connectivity index (χ1n) is 7.07. The fraction of sp³-hybridized carbons (Fsp3) is 0.857. The molecule has 0 aromatic rings. The van der Waals surface area contributed by atoms with Gasteiger partial charge >= 0.3 is 12.1 Å². The van der Waals surface area contributed by atoms with E-state index in [0.717, 1.165) is 12.8 Å². The van der Waals surface area contributed by atoms with Crippen LogP contribution < -0.4 is 0 Å². The number of ether oxygens (including phenoxy) is 3. The lowest BCUT2D eigenvalue weighted by atomic mass is 10.1. The molecule has 20 heavy (non-hydrogen) atoms. The van der Waals surface area contributed by atoms with Crippen molar-refractivity contribution in [1.82, 2.24) is 4.90 Å². The van der Waals surface area contributed by atoms with Gasteiger partial charge in [0.05, 0.1) is 19.3 Å². The maximum absolute atomic E-state index is 12.0. The van der Waals surface area contributed by atoms with Gasteiger partial charge in [0, 0.05) is 6.54 Å². The normalized spacial score (nSPS) is 19.6. The highest BCUT2D eigenvalue weighted by atomic mass is 16.6. The van der Waals surface area contributed by atoms with Crippen LogP contribution >= 0.6 is 0 Å². The summed E-state index contributed by atoms with van der Waals surface area (Å²) in [6, 6.07) is 0. The first-order valence-corrected chi connectivity index (χ1v) is 7.07. The zero-order valence-electron chi connectivity index (χ0n) is 12.8. The van der Waals surface area contributed by atoms with Gasteiger partial charge < -0.3 is 19.1 Å². The summed E-state index contributed by atoms with van der Waals surface area (Å²) in [5, 5.41) is 0. The Morgan fingerprint density at radius 1 is 1.30 bits per heavy atom. The third-order valence-electron chi connectivity index (χ3n) is 2.77. The summed E-state index contributed by atoms with van der Waals surface area (Å²) >= 11 is 0. The monoisotopic (exact) mass is 287 g/mol. The van der Waals surface area contributed by atoms with Crippen molar-refractivity contribution in [2.45, 2.75) is 52.2 Å². The lowest BCUT2D eigenvalue weighted by Crippen LogP contribution is -2.45. The molecule has 1 atom stereocenters. The number of piperidine rings is 1. The molecule has 6 nitrogen and oxygen atoms in total. The maximum Gasteiger partial charge on any atom is 0.410 e. The van der Waals surface area contributed by atoms with Crippen LogP contribution in [0.3, 0.4) is 0 Å². The average molecular weight is 287 g/mol. The largest absolute Gasteiger partial charge is 0.464 e. The van der Waals surface area contributed by atoms with Gasteiger partial charge in [0.25, 0.3) is 0 Å². The second kappa shape index (κ2) is 7.47. The maximum atomic E-state index is 12.0. The van der Waals surface area contributed by atoms with Crippen molar-refractivity contribution in [3.8, 4) is 0 Å². The Kier molecular flexibility index (Phi) is 6.26. The Hall–Kier alpha value is -1.30. The van der Waals surface area contributed by atoms with Crippen molar-refractivity contribution in [3.05, 3.63) is 0 Å². The smallest absolute Gasteiger partial charge is 0.410 e. The molecule has 0 saturated carbocycles. The zero-order chi connectivity index (χ0) is 15.2. The summed E-state index contributed by atoms with van der Waals surface area (Å²) in [5.41, 5.74) is -0.504. The van der Waals surface area contributed by atoms with Gasteiger partial charge in [0.2, 0.25) is 0 Å². The molecule has 0 aromatic carbocycles. The number of hydrogen-bond acceptors (Lipinski definition) is 5. The molecule has 0 radical (unpaired) electrons. The van der Waals surface area contributed by atoms with Crippen LogP contribution in [0.15, 0.2) is 0 Å². The molecular formula is C14H25NO5. The predicted molar refractivity (Wildman–Crippen MR) is 73.4 cm³/mol. The molecule has 1 unspecified atom stereocenters. The molecule has 1 rings (SSSR count). The zero-order valence-corrected chi connectivity index (χ0v) is 12.8. The van der Waals surface area contributed by atoms with E-state index in [2.05, 4.69) is 0 Å². The van der Waals surface area contributed by atoms with Crippen molar-refractivity contribution in [2.24, 2.45) is 0 Å². The molecule has 116 valence electrons. The Labute approximate surface area is 120 Å². The average Bonchev–Trinajstić information content (AvgIpc) is 2.35. The number of carbonyl (C=O) groups is 2. The fourth-order valence-electron chi connectivity index (χ4n) is 1.96.